The molecule has 2 rings (SSSR count). The summed E-state index contributed by atoms with van der Waals surface area (Å²) in [6.45, 7) is 10.8. The van der Waals surface area contributed by atoms with E-state index in [-0.39, 0.29) is 6.04 Å². The van der Waals surface area contributed by atoms with Gasteiger partial charge in [0.2, 0.25) is 0 Å². The van der Waals surface area contributed by atoms with Crippen LogP contribution in [-0.2, 0) is 0 Å². The maximum Gasteiger partial charge on any atom is 0.0557 e. The predicted octanol–water partition coefficient (Wildman–Crippen LogP) is 5.69. The molecule has 21 heavy (non-hydrogen) atoms. The van der Waals surface area contributed by atoms with Crippen molar-refractivity contribution in [1.82, 2.24) is 0 Å². The average Bonchev–Trinajstić information content (AvgIpc) is 2.46. The first-order chi connectivity index (χ1) is 9.75. The lowest BCUT2D eigenvalue weighted by molar-refractivity contribution is 0.842. The van der Waals surface area contributed by atoms with Gasteiger partial charge in [-0.2, -0.15) is 0 Å². The number of hydrogen-bond donors (Lipinski definition) is 1. The molecule has 1 unspecified atom stereocenters. The molecule has 0 aromatic heterocycles. The second-order valence-corrected chi connectivity index (χ2v) is 6.95. The molecule has 0 fully saturated rings. The van der Waals surface area contributed by atoms with E-state index in [1.54, 1.807) is 0 Å². The Bertz CT molecular complexity index is 678. The summed E-state index contributed by atoms with van der Waals surface area (Å²) in [5.74, 6) is 0. The molecule has 3 heteroatoms. The van der Waals surface area contributed by atoms with Crippen molar-refractivity contribution in [2.75, 3.05) is 0 Å². The van der Waals surface area contributed by atoms with E-state index >= 15 is 0 Å². The standard InChI is InChI=1S/C18H21BrClN/c1-9-10(2)12(4)17(13(5)11(9)3)18(21)14-6-7-15(19)16(20)8-14/h6-8,18H,21H2,1-5H3. The van der Waals surface area contributed by atoms with Crippen molar-refractivity contribution < 1.29 is 0 Å². The van der Waals surface area contributed by atoms with Gasteiger partial charge in [-0.3, -0.25) is 0 Å². The van der Waals surface area contributed by atoms with Gasteiger partial charge in [0.1, 0.15) is 0 Å². The van der Waals surface area contributed by atoms with Gasteiger partial charge in [-0.15, -0.1) is 0 Å². The van der Waals surface area contributed by atoms with Crippen LogP contribution in [0.2, 0.25) is 5.02 Å². The minimum Gasteiger partial charge on any atom is -0.320 e. The van der Waals surface area contributed by atoms with Gasteiger partial charge >= 0.3 is 0 Å². The monoisotopic (exact) mass is 365 g/mol. The SMILES string of the molecule is Cc1c(C)c(C)c(C(N)c2ccc(Br)c(Cl)c2)c(C)c1C. The van der Waals surface area contributed by atoms with E-state index in [0.29, 0.717) is 5.02 Å². The summed E-state index contributed by atoms with van der Waals surface area (Å²) in [5, 5.41) is 0.693. The Morgan fingerprint density at radius 3 is 1.86 bits per heavy atom. The van der Waals surface area contributed by atoms with Gasteiger partial charge in [0.15, 0.2) is 0 Å². The van der Waals surface area contributed by atoms with Crippen LogP contribution in [0.25, 0.3) is 0 Å². The third kappa shape index (κ3) is 2.90. The highest BCUT2D eigenvalue weighted by Gasteiger charge is 2.19. The molecule has 0 radical (unpaired) electrons. The van der Waals surface area contributed by atoms with Gasteiger partial charge in [-0.25, -0.2) is 0 Å². The quantitative estimate of drug-likeness (QED) is 0.725. The molecule has 2 aromatic carbocycles. The second kappa shape index (κ2) is 6.12. The zero-order chi connectivity index (χ0) is 15.9. The Morgan fingerprint density at radius 2 is 1.38 bits per heavy atom. The molecule has 0 spiro atoms. The maximum atomic E-state index is 6.55. The molecule has 0 heterocycles. The fourth-order valence-electron chi connectivity index (χ4n) is 2.87. The van der Waals surface area contributed by atoms with Crippen molar-refractivity contribution in [3.05, 3.63) is 66.6 Å². The Kier molecular flexibility index (Phi) is 4.82. The van der Waals surface area contributed by atoms with Crippen LogP contribution in [0.3, 0.4) is 0 Å². The molecule has 1 atom stereocenters. The van der Waals surface area contributed by atoms with Crippen LogP contribution >= 0.6 is 27.5 Å². The van der Waals surface area contributed by atoms with E-state index in [9.17, 15) is 0 Å². The molecule has 0 saturated heterocycles. The first kappa shape index (κ1) is 16.5. The van der Waals surface area contributed by atoms with Crippen LogP contribution in [0.15, 0.2) is 22.7 Å². The lowest BCUT2D eigenvalue weighted by atomic mass is 9.84. The van der Waals surface area contributed by atoms with Gasteiger partial charge in [0.05, 0.1) is 11.1 Å². The molecule has 0 amide bonds. The van der Waals surface area contributed by atoms with Crippen molar-refractivity contribution in [3.8, 4) is 0 Å². The predicted molar refractivity (Wildman–Crippen MR) is 95.3 cm³/mol. The third-order valence-electron chi connectivity index (χ3n) is 4.67. The van der Waals surface area contributed by atoms with Gasteiger partial charge in [0, 0.05) is 4.47 Å². The number of benzene rings is 2. The summed E-state index contributed by atoms with van der Waals surface area (Å²) >= 11 is 9.63. The average molecular weight is 367 g/mol. The number of rotatable bonds is 2. The van der Waals surface area contributed by atoms with E-state index in [2.05, 4.69) is 50.5 Å². The van der Waals surface area contributed by atoms with E-state index in [4.69, 9.17) is 17.3 Å². The molecule has 2 N–H and O–H groups in total. The van der Waals surface area contributed by atoms with Crippen LogP contribution in [0, 0.1) is 34.6 Å². The Labute approximate surface area is 140 Å². The van der Waals surface area contributed by atoms with Crippen molar-refractivity contribution in [3.63, 3.8) is 0 Å². The zero-order valence-electron chi connectivity index (χ0n) is 13.1. The first-order valence-corrected chi connectivity index (χ1v) is 8.20. The Balaban J connectivity index is 2.63. The molecule has 112 valence electrons. The first-order valence-electron chi connectivity index (χ1n) is 7.03. The molecular weight excluding hydrogens is 346 g/mol. The number of hydrogen-bond acceptors (Lipinski definition) is 1. The molecule has 2 aromatic rings. The highest BCUT2D eigenvalue weighted by atomic mass is 79.9. The summed E-state index contributed by atoms with van der Waals surface area (Å²) < 4.78 is 0.893. The van der Waals surface area contributed by atoms with E-state index < -0.39 is 0 Å². The second-order valence-electron chi connectivity index (χ2n) is 5.69. The van der Waals surface area contributed by atoms with E-state index in [0.717, 1.165) is 10.0 Å². The fourth-order valence-corrected chi connectivity index (χ4v) is 3.30. The van der Waals surface area contributed by atoms with Crippen molar-refractivity contribution in [2.24, 2.45) is 5.73 Å². The van der Waals surface area contributed by atoms with Crippen LogP contribution in [0.1, 0.15) is 45.0 Å². The minimum atomic E-state index is -0.159. The molecule has 0 saturated carbocycles. The van der Waals surface area contributed by atoms with Crippen LogP contribution in [-0.4, -0.2) is 0 Å². The lowest BCUT2D eigenvalue weighted by Gasteiger charge is -2.23. The summed E-state index contributed by atoms with van der Waals surface area (Å²) in [6.07, 6.45) is 0. The van der Waals surface area contributed by atoms with Crippen molar-refractivity contribution in [2.45, 2.75) is 40.7 Å². The van der Waals surface area contributed by atoms with Crippen molar-refractivity contribution in [1.29, 1.82) is 0 Å². The highest BCUT2D eigenvalue weighted by molar-refractivity contribution is 9.10. The summed E-state index contributed by atoms with van der Waals surface area (Å²) in [6, 6.07) is 5.77. The summed E-state index contributed by atoms with van der Waals surface area (Å²) in [4.78, 5) is 0. The molecule has 0 aliphatic rings. The molecule has 0 aliphatic carbocycles. The number of halogens is 2. The summed E-state index contributed by atoms with van der Waals surface area (Å²) in [5.41, 5.74) is 15.4. The smallest absolute Gasteiger partial charge is 0.0557 e. The van der Waals surface area contributed by atoms with Gasteiger partial charge in [0.25, 0.3) is 0 Å². The zero-order valence-corrected chi connectivity index (χ0v) is 15.5. The lowest BCUT2D eigenvalue weighted by Crippen LogP contribution is -2.17. The largest absolute Gasteiger partial charge is 0.320 e. The maximum absolute atomic E-state index is 6.55. The normalized spacial score (nSPS) is 12.6. The minimum absolute atomic E-state index is 0.159. The molecule has 0 bridgehead atoms. The highest BCUT2D eigenvalue weighted by Crippen LogP contribution is 2.34. The van der Waals surface area contributed by atoms with Gasteiger partial charge in [-0.05, 0) is 102 Å². The van der Waals surface area contributed by atoms with Crippen LogP contribution in [0.4, 0.5) is 0 Å². The summed E-state index contributed by atoms with van der Waals surface area (Å²) in [7, 11) is 0. The fraction of sp³-hybridized carbons (Fsp3) is 0.333. The topological polar surface area (TPSA) is 26.0 Å². The van der Waals surface area contributed by atoms with Gasteiger partial charge in [-0.1, -0.05) is 17.7 Å². The Hall–Kier alpha value is -0.830. The Morgan fingerprint density at radius 1 is 0.905 bits per heavy atom. The van der Waals surface area contributed by atoms with E-state index in [1.807, 2.05) is 18.2 Å². The van der Waals surface area contributed by atoms with Crippen LogP contribution < -0.4 is 5.73 Å². The number of nitrogens with two attached hydrogens (primary N) is 1. The van der Waals surface area contributed by atoms with Crippen molar-refractivity contribution >= 4 is 27.5 Å². The molecule has 1 nitrogen and oxygen atoms in total. The molecular formula is C18H21BrClN. The molecule has 0 aliphatic heterocycles. The third-order valence-corrected chi connectivity index (χ3v) is 5.90. The van der Waals surface area contributed by atoms with Gasteiger partial charge < -0.3 is 5.73 Å². The van der Waals surface area contributed by atoms with E-state index in [1.165, 1.54) is 33.4 Å². The van der Waals surface area contributed by atoms with Crippen LogP contribution in [0.5, 0.6) is 0 Å².